The Balaban J connectivity index is 1.68. The molecule has 1 saturated heterocycles. The molecule has 1 amide bonds. The second-order valence-electron chi connectivity index (χ2n) is 8.25. The molecule has 1 aliphatic heterocycles. The number of nitrogens with zero attached hydrogens (tertiary/aromatic N) is 4. The third-order valence-corrected chi connectivity index (χ3v) is 6.57. The summed E-state index contributed by atoms with van der Waals surface area (Å²) in [5, 5.41) is 4.79. The van der Waals surface area contributed by atoms with E-state index in [1.165, 1.54) is 22.3 Å². The number of carbonyl (C=O) groups excluding carboxylic acids is 1. The van der Waals surface area contributed by atoms with Crippen LogP contribution in [-0.4, -0.2) is 50.7 Å². The van der Waals surface area contributed by atoms with E-state index in [1.54, 1.807) is 6.20 Å². The van der Waals surface area contributed by atoms with Gasteiger partial charge >= 0.3 is 0 Å². The molecule has 0 aliphatic carbocycles. The zero-order valence-electron chi connectivity index (χ0n) is 18.5. The molecule has 9 heteroatoms. The Kier molecular flexibility index (Phi) is 6.45. The second-order valence-corrected chi connectivity index (χ2v) is 9.48. The third-order valence-electron chi connectivity index (χ3n) is 5.74. The Bertz CT molecular complexity index is 1130. The molecule has 0 radical (unpaired) electrons. The molecular formula is C23H28FN5O2S. The molecule has 4 heterocycles. The van der Waals surface area contributed by atoms with Gasteiger partial charge in [-0.25, -0.2) is 9.37 Å². The van der Waals surface area contributed by atoms with E-state index in [-0.39, 0.29) is 19.0 Å². The van der Waals surface area contributed by atoms with E-state index in [2.05, 4.69) is 40.3 Å². The van der Waals surface area contributed by atoms with E-state index in [0.29, 0.717) is 17.6 Å². The Morgan fingerprint density at radius 2 is 2.31 bits per heavy atom. The van der Waals surface area contributed by atoms with Crippen molar-refractivity contribution in [3.63, 3.8) is 0 Å². The van der Waals surface area contributed by atoms with Crippen molar-refractivity contribution in [2.24, 2.45) is 5.92 Å². The predicted molar refractivity (Wildman–Crippen MR) is 125 cm³/mol. The van der Waals surface area contributed by atoms with E-state index < -0.39 is 12.3 Å². The lowest BCUT2D eigenvalue weighted by Crippen LogP contribution is -2.30. The normalized spacial score (nSPS) is 19.3. The molecule has 4 rings (SSSR count). The van der Waals surface area contributed by atoms with Crippen LogP contribution in [0.5, 0.6) is 5.88 Å². The fourth-order valence-corrected chi connectivity index (χ4v) is 4.43. The molecule has 170 valence electrons. The first kappa shape index (κ1) is 22.3. The number of rotatable bonds is 8. The van der Waals surface area contributed by atoms with Gasteiger partial charge in [0.05, 0.1) is 24.0 Å². The lowest BCUT2D eigenvalue weighted by atomic mass is 10.1. The number of aryl methyl sites for hydroxylation is 1. The van der Waals surface area contributed by atoms with E-state index in [4.69, 9.17) is 4.74 Å². The van der Waals surface area contributed by atoms with Crippen molar-refractivity contribution < 1.29 is 13.9 Å². The summed E-state index contributed by atoms with van der Waals surface area (Å²) in [6, 6.07) is 3.92. The number of halogens is 1. The van der Waals surface area contributed by atoms with Crippen LogP contribution in [0, 0.1) is 12.8 Å². The van der Waals surface area contributed by atoms with Gasteiger partial charge in [0.15, 0.2) is 17.4 Å². The smallest absolute Gasteiger partial charge is 0.246 e. The summed E-state index contributed by atoms with van der Waals surface area (Å²) < 4.78 is 22.9. The van der Waals surface area contributed by atoms with Crippen LogP contribution in [0.2, 0.25) is 0 Å². The highest BCUT2D eigenvalue weighted by atomic mass is 32.1. The number of ether oxygens (including phenoxy) is 1. The second kappa shape index (κ2) is 9.28. The molecule has 7 nitrogen and oxygen atoms in total. The molecule has 1 N–H and O–H groups in total. The molecule has 1 aliphatic rings. The Labute approximate surface area is 190 Å². The maximum absolute atomic E-state index is 14.7. The van der Waals surface area contributed by atoms with Crippen LogP contribution in [0.15, 0.2) is 37.2 Å². The number of likely N-dealkylation sites (tertiary alicyclic amines) is 1. The molecule has 1 fully saturated rings. The molecule has 3 aromatic rings. The zero-order chi connectivity index (χ0) is 22.8. The third kappa shape index (κ3) is 4.62. The highest BCUT2D eigenvalue weighted by Gasteiger charge is 2.37. The summed E-state index contributed by atoms with van der Waals surface area (Å²) in [5.41, 5.74) is 0.957. The fourth-order valence-electron chi connectivity index (χ4n) is 3.76. The highest BCUT2D eigenvalue weighted by molar-refractivity contribution is 7.15. The van der Waals surface area contributed by atoms with Gasteiger partial charge in [-0.1, -0.05) is 26.8 Å². The van der Waals surface area contributed by atoms with Gasteiger partial charge in [0.25, 0.3) is 0 Å². The quantitative estimate of drug-likeness (QED) is 0.496. The van der Waals surface area contributed by atoms with Gasteiger partial charge in [-0.2, -0.15) is 4.98 Å². The van der Waals surface area contributed by atoms with Crippen molar-refractivity contribution in [3.05, 3.63) is 42.1 Å². The summed E-state index contributed by atoms with van der Waals surface area (Å²) >= 11 is 1.53. The maximum Gasteiger partial charge on any atom is 0.246 e. The number of hydrogen-bond donors (Lipinski definition) is 1. The maximum atomic E-state index is 14.7. The zero-order valence-corrected chi connectivity index (χ0v) is 19.4. The van der Waals surface area contributed by atoms with Crippen molar-refractivity contribution in [3.8, 4) is 5.88 Å². The summed E-state index contributed by atoms with van der Waals surface area (Å²) in [6.45, 7) is 10.9. The average Bonchev–Trinajstić information content (AvgIpc) is 3.47. The SMILES string of the molecule is C=CC(=O)N1C[C@@H](F)[C@H](Oc2nc(Nc3ncc(C)s3)cc3c2ccn3CC(C)CC)C1. The van der Waals surface area contributed by atoms with Crippen molar-refractivity contribution in [1.82, 2.24) is 19.4 Å². The number of alkyl halides is 1. The van der Waals surface area contributed by atoms with Gasteiger partial charge in [0.1, 0.15) is 5.82 Å². The first-order valence-corrected chi connectivity index (χ1v) is 11.6. The van der Waals surface area contributed by atoms with Crippen LogP contribution >= 0.6 is 11.3 Å². The number of thiazole rings is 1. The first-order valence-electron chi connectivity index (χ1n) is 10.8. The topological polar surface area (TPSA) is 72.3 Å². The monoisotopic (exact) mass is 457 g/mol. The van der Waals surface area contributed by atoms with Crippen molar-refractivity contribution in [2.45, 2.75) is 46.0 Å². The largest absolute Gasteiger partial charge is 0.469 e. The van der Waals surface area contributed by atoms with Crippen molar-refractivity contribution in [2.75, 3.05) is 18.4 Å². The number of anilines is 2. The molecule has 0 spiro atoms. The predicted octanol–water partition coefficient (Wildman–Crippen LogP) is 4.70. The molecule has 3 atom stereocenters. The lowest BCUT2D eigenvalue weighted by Gasteiger charge is -2.17. The van der Waals surface area contributed by atoms with Gasteiger partial charge in [0, 0.05) is 29.9 Å². The fraction of sp³-hybridized carbons (Fsp3) is 0.435. The summed E-state index contributed by atoms with van der Waals surface area (Å²) in [5.74, 6) is 1.14. The number of aromatic nitrogens is 3. The van der Waals surface area contributed by atoms with Gasteiger partial charge in [0.2, 0.25) is 11.8 Å². The van der Waals surface area contributed by atoms with E-state index in [0.717, 1.165) is 33.9 Å². The summed E-state index contributed by atoms with van der Waals surface area (Å²) in [4.78, 5) is 23.4. The highest BCUT2D eigenvalue weighted by Crippen LogP contribution is 2.32. The minimum atomic E-state index is -1.30. The van der Waals surface area contributed by atoms with Crippen LogP contribution in [0.4, 0.5) is 15.3 Å². The number of carbonyl (C=O) groups is 1. The lowest BCUT2D eigenvalue weighted by molar-refractivity contribution is -0.125. The van der Waals surface area contributed by atoms with E-state index in [1.807, 2.05) is 25.3 Å². The number of fused-ring (bicyclic) bond motifs is 1. The number of amides is 1. The van der Waals surface area contributed by atoms with Crippen LogP contribution < -0.4 is 10.1 Å². The molecule has 0 bridgehead atoms. The van der Waals surface area contributed by atoms with Crippen molar-refractivity contribution >= 4 is 39.1 Å². The van der Waals surface area contributed by atoms with Gasteiger partial charge < -0.3 is 19.5 Å². The minimum Gasteiger partial charge on any atom is -0.469 e. The van der Waals surface area contributed by atoms with Gasteiger partial charge in [-0.15, -0.1) is 11.3 Å². The van der Waals surface area contributed by atoms with E-state index in [9.17, 15) is 9.18 Å². The van der Waals surface area contributed by atoms with Gasteiger partial charge in [-0.3, -0.25) is 4.79 Å². The Morgan fingerprint density at radius 1 is 1.50 bits per heavy atom. The van der Waals surface area contributed by atoms with E-state index >= 15 is 0 Å². The van der Waals surface area contributed by atoms with Crippen LogP contribution in [0.1, 0.15) is 25.1 Å². The molecule has 1 unspecified atom stereocenters. The minimum absolute atomic E-state index is 0.00990. The Hall–Kier alpha value is -2.94. The number of nitrogens with one attached hydrogen (secondary N) is 1. The Morgan fingerprint density at radius 3 is 3.00 bits per heavy atom. The average molecular weight is 458 g/mol. The standard InChI is InChI=1S/C23H28FN5O2S/c1-5-14(3)11-28-8-7-16-18(28)9-20(27-23-25-10-15(4)32-23)26-22(16)31-19-13-29(12-17(19)24)21(30)6-2/h6-10,14,17,19H,2,5,11-13H2,1,3-4H3,(H,25,26,27)/t14?,17-,19-/m1/s1. The molecule has 32 heavy (non-hydrogen) atoms. The van der Waals surface area contributed by atoms with Gasteiger partial charge in [-0.05, 0) is 25.0 Å². The molecular weight excluding hydrogens is 429 g/mol. The van der Waals surface area contributed by atoms with Crippen LogP contribution in [0.3, 0.4) is 0 Å². The summed E-state index contributed by atoms with van der Waals surface area (Å²) in [7, 11) is 0. The number of hydrogen-bond acceptors (Lipinski definition) is 6. The molecule has 0 saturated carbocycles. The van der Waals surface area contributed by atoms with Crippen LogP contribution in [0.25, 0.3) is 10.9 Å². The number of pyridine rings is 1. The summed E-state index contributed by atoms with van der Waals surface area (Å²) in [6.07, 6.45) is 3.99. The van der Waals surface area contributed by atoms with Crippen molar-refractivity contribution in [1.29, 1.82) is 0 Å². The first-order chi connectivity index (χ1) is 15.4. The van der Waals surface area contributed by atoms with Crippen LogP contribution in [-0.2, 0) is 11.3 Å². The molecule has 0 aromatic carbocycles. The molecule has 3 aromatic heterocycles.